The van der Waals surface area contributed by atoms with Crippen LogP contribution in [0.25, 0.3) is 0 Å². The molecule has 1 aromatic carbocycles. The van der Waals surface area contributed by atoms with E-state index in [1.54, 1.807) is 6.07 Å². The quantitative estimate of drug-likeness (QED) is 0.915. The van der Waals surface area contributed by atoms with Gasteiger partial charge >= 0.3 is 0 Å². The highest BCUT2D eigenvalue weighted by Crippen LogP contribution is 2.22. The Kier molecular flexibility index (Phi) is 4.19. The Morgan fingerprint density at radius 3 is 2.78 bits per heavy atom. The maximum atomic E-state index is 13.4. The van der Waals surface area contributed by atoms with Crippen molar-refractivity contribution in [1.82, 2.24) is 9.88 Å². The first-order valence-corrected chi connectivity index (χ1v) is 6.65. The lowest BCUT2D eigenvalue weighted by Crippen LogP contribution is -2.07. The number of hydrogen-bond acceptors (Lipinski definition) is 1. The predicted molar refractivity (Wildman–Crippen MR) is 75.1 cm³/mol. The van der Waals surface area contributed by atoms with E-state index < -0.39 is 0 Å². The smallest absolute Gasteiger partial charge is 0.137 e. The fourth-order valence-corrected chi connectivity index (χ4v) is 2.39. The molecule has 0 spiro atoms. The molecular formula is C14H16BrFN2. The lowest BCUT2D eigenvalue weighted by atomic mass is 10.2. The van der Waals surface area contributed by atoms with Crippen molar-refractivity contribution in [2.45, 2.75) is 20.0 Å². The third kappa shape index (κ3) is 2.65. The van der Waals surface area contributed by atoms with E-state index in [0.29, 0.717) is 11.0 Å². The molecule has 0 radical (unpaired) electrons. The lowest BCUT2D eigenvalue weighted by molar-refractivity contribution is 0.615. The zero-order valence-corrected chi connectivity index (χ0v) is 12.1. The van der Waals surface area contributed by atoms with Crippen molar-refractivity contribution >= 4 is 15.9 Å². The van der Waals surface area contributed by atoms with E-state index in [0.717, 1.165) is 12.1 Å². The van der Waals surface area contributed by atoms with Crippen LogP contribution in [0.1, 0.15) is 16.8 Å². The number of halogens is 2. The Bertz CT molecular complexity index is 549. The second-order valence-electron chi connectivity index (χ2n) is 4.30. The highest BCUT2D eigenvalue weighted by molar-refractivity contribution is 9.10. The molecule has 2 rings (SSSR count). The third-order valence-corrected chi connectivity index (χ3v) is 3.98. The molecular weight excluding hydrogens is 295 g/mol. The van der Waals surface area contributed by atoms with Gasteiger partial charge in [0, 0.05) is 25.0 Å². The first-order valence-electron chi connectivity index (χ1n) is 5.85. The van der Waals surface area contributed by atoms with Crippen molar-refractivity contribution < 1.29 is 4.39 Å². The summed E-state index contributed by atoms with van der Waals surface area (Å²) in [7, 11) is 1.93. The van der Waals surface area contributed by atoms with Gasteiger partial charge in [-0.2, -0.15) is 0 Å². The Hall–Kier alpha value is -1.13. The second kappa shape index (κ2) is 5.67. The minimum atomic E-state index is -0.215. The highest BCUT2D eigenvalue weighted by atomic mass is 79.9. The van der Waals surface area contributed by atoms with Gasteiger partial charge in [-0.3, -0.25) is 0 Å². The molecule has 0 aliphatic rings. The van der Waals surface area contributed by atoms with Gasteiger partial charge in [0.1, 0.15) is 5.82 Å². The van der Waals surface area contributed by atoms with E-state index in [9.17, 15) is 4.39 Å². The summed E-state index contributed by atoms with van der Waals surface area (Å²) in [4.78, 5) is 0. The van der Waals surface area contributed by atoms with E-state index in [-0.39, 0.29) is 5.82 Å². The van der Waals surface area contributed by atoms with Crippen LogP contribution in [0, 0.1) is 12.7 Å². The minimum Gasteiger partial charge on any atom is -0.347 e. The van der Waals surface area contributed by atoms with Crippen LogP contribution in [0.2, 0.25) is 0 Å². The number of benzene rings is 1. The number of aromatic nitrogens is 1. The maximum Gasteiger partial charge on any atom is 0.137 e. The van der Waals surface area contributed by atoms with Crippen LogP contribution >= 0.6 is 15.9 Å². The van der Waals surface area contributed by atoms with E-state index >= 15 is 0 Å². The number of nitrogens with one attached hydrogen (secondary N) is 1. The first-order chi connectivity index (χ1) is 8.63. The molecule has 0 fully saturated rings. The van der Waals surface area contributed by atoms with Crippen molar-refractivity contribution in [1.29, 1.82) is 0 Å². The Labute approximate surface area is 115 Å². The number of hydrogen-bond donors (Lipinski definition) is 1. The van der Waals surface area contributed by atoms with Crippen LogP contribution in [0.5, 0.6) is 0 Å². The number of rotatable bonds is 4. The van der Waals surface area contributed by atoms with E-state index in [1.165, 1.54) is 17.3 Å². The van der Waals surface area contributed by atoms with E-state index in [1.807, 2.05) is 19.3 Å². The average Bonchev–Trinajstić information content (AvgIpc) is 2.68. The summed E-state index contributed by atoms with van der Waals surface area (Å²) in [6, 6.07) is 7.23. The van der Waals surface area contributed by atoms with E-state index in [4.69, 9.17) is 0 Å². The van der Waals surface area contributed by atoms with Crippen LogP contribution in [0.15, 0.2) is 34.9 Å². The van der Waals surface area contributed by atoms with Gasteiger partial charge in [-0.1, -0.05) is 12.1 Å². The second-order valence-corrected chi connectivity index (χ2v) is 5.09. The summed E-state index contributed by atoms with van der Waals surface area (Å²) in [6.07, 6.45) is 2.04. The van der Waals surface area contributed by atoms with Gasteiger partial charge in [0.15, 0.2) is 0 Å². The molecule has 0 aliphatic heterocycles. The Balaban J connectivity index is 2.26. The summed E-state index contributed by atoms with van der Waals surface area (Å²) in [6.45, 7) is 3.61. The van der Waals surface area contributed by atoms with Crippen molar-refractivity contribution in [3.05, 3.63) is 57.6 Å². The molecule has 1 aromatic heterocycles. The molecule has 0 atom stereocenters. The molecule has 0 aliphatic carbocycles. The summed E-state index contributed by atoms with van der Waals surface area (Å²) in [5, 5.41) is 3.14. The van der Waals surface area contributed by atoms with Gasteiger partial charge in [0.2, 0.25) is 0 Å². The third-order valence-electron chi connectivity index (χ3n) is 3.09. The molecule has 0 unspecified atom stereocenters. The molecule has 0 bridgehead atoms. The Morgan fingerprint density at radius 1 is 1.28 bits per heavy atom. The zero-order chi connectivity index (χ0) is 13.1. The topological polar surface area (TPSA) is 17.0 Å². The summed E-state index contributed by atoms with van der Waals surface area (Å²) < 4.78 is 16.1. The van der Waals surface area contributed by atoms with Gasteiger partial charge in [0.05, 0.1) is 4.47 Å². The molecule has 4 heteroatoms. The minimum absolute atomic E-state index is 0.215. The standard InChI is InChI=1S/C14H16BrFN2/c1-10-11(8-17-2)6-7-18(10)9-12-4-3-5-13(16)14(12)15/h3-7,17H,8-9H2,1-2H3. The molecule has 96 valence electrons. The Morgan fingerprint density at radius 2 is 2.06 bits per heavy atom. The SMILES string of the molecule is CNCc1ccn(Cc2cccc(F)c2Br)c1C. The van der Waals surface area contributed by atoms with Crippen molar-refractivity contribution in [2.75, 3.05) is 7.05 Å². The zero-order valence-electron chi connectivity index (χ0n) is 10.5. The van der Waals surface area contributed by atoms with Crippen LogP contribution in [-0.2, 0) is 13.1 Å². The summed E-state index contributed by atoms with van der Waals surface area (Å²) in [5.74, 6) is -0.215. The molecule has 0 saturated heterocycles. The van der Waals surface area contributed by atoms with Crippen LogP contribution in [0.4, 0.5) is 4.39 Å². The van der Waals surface area contributed by atoms with Crippen LogP contribution in [0.3, 0.4) is 0 Å². The van der Waals surface area contributed by atoms with Gasteiger partial charge in [-0.05, 0) is 53.2 Å². The maximum absolute atomic E-state index is 13.4. The van der Waals surface area contributed by atoms with Crippen molar-refractivity contribution in [3.8, 4) is 0 Å². The summed E-state index contributed by atoms with van der Waals surface area (Å²) >= 11 is 3.30. The molecule has 18 heavy (non-hydrogen) atoms. The van der Waals surface area contributed by atoms with Crippen molar-refractivity contribution in [2.24, 2.45) is 0 Å². The highest BCUT2D eigenvalue weighted by Gasteiger charge is 2.08. The van der Waals surface area contributed by atoms with Crippen LogP contribution in [-0.4, -0.2) is 11.6 Å². The monoisotopic (exact) mass is 310 g/mol. The lowest BCUT2D eigenvalue weighted by Gasteiger charge is -2.10. The fraction of sp³-hybridized carbons (Fsp3) is 0.286. The molecule has 1 heterocycles. The molecule has 2 aromatic rings. The largest absolute Gasteiger partial charge is 0.347 e. The van der Waals surface area contributed by atoms with E-state index in [2.05, 4.69) is 38.8 Å². The van der Waals surface area contributed by atoms with Gasteiger partial charge in [-0.25, -0.2) is 4.39 Å². The van der Waals surface area contributed by atoms with Crippen LogP contribution < -0.4 is 5.32 Å². The molecule has 2 nitrogen and oxygen atoms in total. The average molecular weight is 311 g/mol. The van der Waals surface area contributed by atoms with Gasteiger partial charge in [-0.15, -0.1) is 0 Å². The van der Waals surface area contributed by atoms with Gasteiger partial charge < -0.3 is 9.88 Å². The van der Waals surface area contributed by atoms with Gasteiger partial charge in [0.25, 0.3) is 0 Å². The first kappa shape index (κ1) is 13.3. The summed E-state index contributed by atoms with van der Waals surface area (Å²) in [5.41, 5.74) is 3.43. The molecule has 0 saturated carbocycles. The number of nitrogens with zero attached hydrogens (tertiary/aromatic N) is 1. The predicted octanol–water partition coefficient (Wildman–Crippen LogP) is 3.47. The molecule has 0 amide bonds. The fourth-order valence-electron chi connectivity index (χ4n) is 2.00. The van der Waals surface area contributed by atoms with Crippen molar-refractivity contribution in [3.63, 3.8) is 0 Å². The normalized spacial score (nSPS) is 10.9. The molecule has 1 N–H and O–H groups in total.